The van der Waals surface area contributed by atoms with Gasteiger partial charge in [-0.1, -0.05) is 27.7 Å². The van der Waals surface area contributed by atoms with E-state index in [9.17, 15) is 10.2 Å². The summed E-state index contributed by atoms with van der Waals surface area (Å²) in [7, 11) is 0. The van der Waals surface area contributed by atoms with Crippen LogP contribution in [0.3, 0.4) is 0 Å². The number of nitrogens with zero attached hydrogens (tertiary/aromatic N) is 1. The molecule has 3 heteroatoms. The van der Waals surface area contributed by atoms with Crippen molar-refractivity contribution in [2.45, 2.75) is 46.8 Å². The van der Waals surface area contributed by atoms with E-state index in [0.717, 1.165) is 13.1 Å². The summed E-state index contributed by atoms with van der Waals surface area (Å²) < 4.78 is 0. The Balaban J connectivity index is 4.11. The molecule has 0 saturated carbocycles. The molecular weight excluding hydrogens is 190 g/mol. The highest BCUT2D eigenvalue weighted by Gasteiger charge is 2.17. The molecule has 0 amide bonds. The van der Waals surface area contributed by atoms with E-state index in [2.05, 4.69) is 32.6 Å². The Kier molecular flexibility index (Phi) is 7.14. The third kappa shape index (κ3) is 7.77. The zero-order chi connectivity index (χ0) is 12.0. The molecular formula is C12H27NO2. The normalized spacial score (nSPS) is 16.4. The van der Waals surface area contributed by atoms with Gasteiger partial charge < -0.3 is 15.1 Å². The van der Waals surface area contributed by atoms with Crippen LogP contribution in [-0.4, -0.2) is 47.0 Å². The van der Waals surface area contributed by atoms with Crippen LogP contribution in [-0.2, 0) is 0 Å². The first kappa shape index (κ1) is 14.9. The van der Waals surface area contributed by atoms with Crippen LogP contribution < -0.4 is 0 Å². The molecule has 0 spiro atoms. The molecule has 92 valence electrons. The van der Waals surface area contributed by atoms with Crippen molar-refractivity contribution >= 4 is 0 Å². The Hall–Kier alpha value is -0.120. The van der Waals surface area contributed by atoms with E-state index in [-0.39, 0.29) is 0 Å². The van der Waals surface area contributed by atoms with E-state index in [0.29, 0.717) is 18.4 Å². The molecule has 0 saturated heterocycles. The molecule has 2 N–H and O–H groups in total. The lowest BCUT2D eigenvalue weighted by Gasteiger charge is -2.29. The lowest BCUT2D eigenvalue weighted by atomic mass is 10.1. The fourth-order valence-corrected chi connectivity index (χ4v) is 1.67. The minimum atomic E-state index is -0.646. The summed E-state index contributed by atoms with van der Waals surface area (Å²) in [5, 5.41) is 18.9. The average molecular weight is 217 g/mol. The van der Waals surface area contributed by atoms with E-state index in [1.54, 1.807) is 6.92 Å². The van der Waals surface area contributed by atoms with Crippen LogP contribution in [0.15, 0.2) is 0 Å². The first-order chi connectivity index (χ1) is 6.82. The zero-order valence-electron chi connectivity index (χ0n) is 10.8. The second-order valence-corrected chi connectivity index (χ2v) is 5.31. The fourth-order valence-electron chi connectivity index (χ4n) is 1.67. The van der Waals surface area contributed by atoms with Crippen molar-refractivity contribution in [2.75, 3.05) is 19.6 Å². The molecule has 0 aromatic carbocycles. The molecule has 0 bridgehead atoms. The summed E-state index contributed by atoms with van der Waals surface area (Å²) in [4.78, 5) is 2.23. The van der Waals surface area contributed by atoms with E-state index >= 15 is 0 Å². The summed E-state index contributed by atoms with van der Waals surface area (Å²) in [6.45, 7) is 12.8. The third-order valence-corrected chi connectivity index (χ3v) is 2.25. The molecule has 0 aromatic rings. The SMILES string of the molecule is CC(C)CN(CC(C)C)CC(O)C(C)O. The van der Waals surface area contributed by atoms with E-state index in [1.807, 2.05) is 0 Å². The van der Waals surface area contributed by atoms with Crippen molar-refractivity contribution < 1.29 is 10.2 Å². The minimum Gasteiger partial charge on any atom is -0.391 e. The van der Waals surface area contributed by atoms with E-state index in [1.165, 1.54) is 0 Å². The standard InChI is InChI=1S/C12H27NO2/c1-9(2)6-13(7-10(3)4)8-12(15)11(5)14/h9-12,14-15H,6-8H2,1-5H3. The lowest BCUT2D eigenvalue weighted by Crippen LogP contribution is -2.41. The second-order valence-electron chi connectivity index (χ2n) is 5.31. The Morgan fingerprint density at radius 2 is 1.20 bits per heavy atom. The van der Waals surface area contributed by atoms with Crippen molar-refractivity contribution in [3.63, 3.8) is 0 Å². The number of hydrogen-bond acceptors (Lipinski definition) is 3. The van der Waals surface area contributed by atoms with Crippen LogP contribution >= 0.6 is 0 Å². The van der Waals surface area contributed by atoms with E-state index < -0.39 is 12.2 Å². The van der Waals surface area contributed by atoms with Crippen molar-refractivity contribution in [3.05, 3.63) is 0 Å². The smallest absolute Gasteiger partial charge is 0.0922 e. The number of rotatable bonds is 7. The van der Waals surface area contributed by atoms with Gasteiger partial charge in [-0.2, -0.15) is 0 Å². The lowest BCUT2D eigenvalue weighted by molar-refractivity contribution is 0.00347. The minimum absolute atomic E-state index is 0.564. The summed E-state index contributed by atoms with van der Waals surface area (Å²) in [6, 6.07) is 0. The fraction of sp³-hybridized carbons (Fsp3) is 1.00. The Morgan fingerprint density at radius 1 is 0.800 bits per heavy atom. The van der Waals surface area contributed by atoms with Crippen LogP contribution in [0.5, 0.6) is 0 Å². The summed E-state index contributed by atoms with van der Waals surface area (Å²) in [5.41, 5.74) is 0. The molecule has 2 unspecified atom stereocenters. The van der Waals surface area contributed by atoms with Crippen molar-refractivity contribution in [1.29, 1.82) is 0 Å². The van der Waals surface area contributed by atoms with Crippen LogP contribution in [0, 0.1) is 11.8 Å². The van der Waals surface area contributed by atoms with Crippen molar-refractivity contribution in [3.8, 4) is 0 Å². The van der Waals surface area contributed by atoms with E-state index in [4.69, 9.17) is 0 Å². The van der Waals surface area contributed by atoms with Gasteiger partial charge in [0.2, 0.25) is 0 Å². The highest BCUT2D eigenvalue weighted by Crippen LogP contribution is 2.06. The molecule has 0 aliphatic carbocycles. The Bertz CT molecular complexity index is 148. The topological polar surface area (TPSA) is 43.7 Å². The van der Waals surface area contributed by atoms with Gasteiger partial charge in [0, 0.05) is 19.6 Å². The van der Waals surface area contributed by atoms with Gasteiger partial charge in [0.05, 0.1) is 12.2 Å². The van der Waals surface area contributed by atoms with Gasteiger partial charge in [0.15, 0.2) is 0 Å². The molecule has 0 aliphatic heterocycles. The van der Waals surface area contributed by atoms with Gasteiger partial charge in [-0.25, -0.2) is 0 Å². The van der Waals surface area contributed by atoms with Crippen molar-refractivity contribution in [2.24, 2.45) is 11.8 Å². The molecule has 0 rings (SSSR count). The number of aliphatic hydroxyl groups is 2. The number of aliphatic hydroxyl groups excluding tert-OH is 2. The quantitative estimate of drug-likeness (QED) is 0.676. The zero-order valence-corrected chi connectivity index (χ0v) is 10.8. The molecule has 0 aromatic heterocycles. The molecule has 0 heterocycles. The van der Waals surface area contributed by atoms with Crippen molar-refractivity contribution in [1.82, 2.24) is 4.90 Å². The molecule has 15 heavy (non-hydrogen) atoms. The first-order valence-corrected chi connectivity index (χ1v) is 5.91. The Labute approximate surface area is 94.1 Å². The largest absolute Gasteiger partial charge is 0.391 e. The van der Waals surface area contributed by atoms with Gasteiger partial charge >= 0.3 is 0 Å². The molecule has 3 nitrogen and oxygen atoms in total. The summed E-state index contributed by atoms with van der Waals surface area (Å²) in [6.07, 6.45) is -1.28. The third-order valence-electron chi connectivity index (χ3n) is 2.25. The second kappa shape index (κ2) is 7.20. The summed E-state index contributed by atoms with van der Waals surface area (Å²) in [5.74, 6) is 1.18. The predicted molar refractivity (Wildman–Crippen MR) is 63.8 cm³/mol. The molecule has 2 atom stereocenters. The van der Waals surface area contributed by atoms with Gasteiger partial charge in [0.1, 0.15) is 0 Å². The molecule has 0 radical (unpaired) electrons. The summed E-state index contributed by atoms with van der Waals surface area (Å²) >= 11 is 0. The maximum Gasteiger partial charge on any atom is 0.0922 e. The number of hydrogen-bond donors (Lipinski definition) is 2. The Morgan fingerprint density at radius 3 is 1.47 bits per heavy atom. The predicted octanol–water partition coefficient (Wildman–Crippen LogP) is 1.34. The van der Waals surface area contributed by atoms with Gasteiger partial charge in [0.25, 0.3) is 0 Å². The first-order valence-electron chi connectivity index (χ1n) is 5.91. The van der Waals surface area contributed by atoms with Gasteiger partial charge in [-0.05, 0) is 18.8 Å². The van der Waals surface area contributed by atoms with Gasteiger partial charge in [-0.3, -0.25) is 0 Å². The molecule has 0 fully saturated rings. The monoisotopic (exact) mass is 217 g/mol. The van der Waals surface area contributed by atoms with Crippen LogP contribution in [0.4, 0.5) is 0 Å². The maximum absolute atomic E-state index is 9.63. The van der Waals surface area contributed by atoms with Crippen LogP contribution in [0.25, 0.3) is 0 Å². The van der Waals surface area contributed by atoms with Gasteiger partial charge in [-0.15, -0.1) is 0 Å². The molecule has 0 aliphatic rings. The highest BCUT2D eigenvalue weighted by atomic mass is 16.3. The van der Waals surface area contributed by atoms with Crippen LogP contribution in [0.1, 0.15) is 34.6 Å². The van der Waals surface area contributed by atoms with Crippen LogP contribution in [0.2, 0.25) is 0 Å². The maximum atomic E-state index is 9.63. The highest BCUT2D eigenvalue weighted by molar-refractivity contribution is 4.70. The average Bonchev–Trinajstić information content (AvgIpc) is 2.00.